The van der Waals surface area contributed by atoms with Crippen molar-refractivity contribution in [2.24, 2.45) is 12.0 Å². The van der Waals surface area contributed by atoms with Crippen LogP contribution in [0.1, 0.15) is 37.4 Å². The van der Waals surface area contributed by atoms with Gasteiger partial charge in [-0.2, -0.15) is 0 Å². The minimum atomic E-state index is -2.90. The molecule has 2 aliphatic rings. The second kappa shape index (κ2) is 8.90. The van der Waals surface area contributed by atoms with E-state index in [1.165, 1.54) is 12.1 Å². The molecule has 1 amide bonds. The van der Waals surface area contributed by atoms with Gasteiger partial charge in [0, 0.05) is 50.6 Å². The monoisotopic (exact) mass is 485 g/mol. The number of halogens is 3. The number of ether oxygens (including phenoxy) is 1. The number of alkyl halides is 2. The van der Waals surface area contributed by atoms with Gasteiger partial charge in [-0.3, -0.25) is 9.79 Å². The number of anilines is 1. The second-order valence-corrected chi connectivity index (χ2v) is 9.00. The van der Waals surface area contributed by atoms with E-state index in [0.29, 0.717) is 31.7 Å². The Kier molecular flexibility index (Phi) is 5.90. The number of nitrogens with zero attached hydrogens (tertiary/aromatic N) is 5. The van der Waals surface area contributed by atoms with Crippen LogP contribution in [0.15, 0.2) is 41.7 Å². The number of amides is 1. The molecule has 1 aromatic heterocycles. The largest absolute Gasteiger partial charge is 0.489 e. The minimum absolute atomic E-state index is 0.0357. The summed E-state index contributed by atoms with van der Waals surface area (Å²) >= 11 is 0. The van der Waals surface area contributed by atoms with Crippen molar-refractivity contribution < 1.29 is 22.7 Å². The van der Waals surface area contributed by atoms with Gasteiger partial charge in [0.15, 0.2) is 5.49 Å². The molecular weight excluding hydrogens is 459 g/mol. The van der Waals surface area contributed by atoms with Crippen LogP contribution < -0.4 is 15.1 Å². The van der Waals surface area contributed by atoms with Crippen molar-refractivity contribution in [1.29, 1.82) is 0 Å². The third-order valence-corrected chi connectivity index (χ3v) is 6.78. The first-order chi connectivity index (χ1) is 16.7. The van der Waals surface area contributed by atoms with Crippen molar-refractivity contribution in [1.82, 2.24) is 14.5 Å². The molecule has 35 heavy (non-hydrogen) atoms. The topological polar surface area (TPSA) is 63.0 Å². The third kappa shape index (κ3) is 4.11. The lowest BCUT2D eigenvalue weighted by atomic mass is 10.0. The molecule has 5 rings (SSSR count). The molecule has 0 spiro atoms. The van der Waals surface area contributed by atoms with E-state index in [1.807, 2.05) is 28.6 Å². The Labute approximate surface area is 200 Å². The van der Waals surface area contributed by atoms with Crippen LogP contribution in [-0.4, -0.2) is 52.6 Å². The Morgan fingerprint density at radius 2 is 2.00 bits per heavy atom. The number of hydrogen-bond donors (Lipinski definition) is 0. The molecule has 0 saturated carbocycles. The fourth-order valence-corrected chi connectivity index (χ4v) is 4.84. The number of benzene rings is 2. The molecule has 2 aliphatic heterocycles. The highest BCUT2D eigenvalue weighted by Gasteiger charge is 2.34. The summed E-state index contributed by atoms with van der Waals surface area (Å²) in [5.74, 6) is -0.161. The Hall–Kier alpha value is -3.56. The molecule has 184 valence electrons. The van der Waals surface area contributed by atoms with Crippen LogP contribution in [-0.2, 0) is 11.8 Å². The van der Waals surface area contributed by atoms with Gasteiger partial charge in [-0.05, 0) is 13.0 Å². The summed E-state index contributed by atoms with van der Waals surface area (Å²) in [6.07, 6.45) is -1.29. The highest BCUT2D eigenvalue weighted by Crippen LogP contribution is 2.38. The van der Waals surface area contributed by atoms with Gasteiger partial charge in [-0.25, -0.2) is 18.2 Å². The van der Waals surface area contributed by atoms with Gasteiger partial charge in [-0.1, -0.05) is 18.2 Å². The molecule has 0 N–H and O–H groups in total. The molecule has 1 fully saturated rings. The van der Waals surface area contributed by atoms with E-state index < -0.39 is 23.8 Å². The normalized spacial score (nSPS) is 18.9. The third-order valence-electron chi connectivity index (χ3n) is 6.78. The second-order valence-electron chi connectivity index (χ2n) is 9.00. The van der Waals surface area contributed by atoms with E-state index in [-0.39, 0.29) is 17.5 Å². The van der Waals surface area contributed by atoms with Crippen LogP contribution in [0, 0.1) is 5.82 Å². The van der Waals surface area contributed by atoms with E-state index in [2.05, 4.69) is 14.9 Å². The first kappa shape index (κ1) is 23.2. The Morgan fingerprint density at radius 3 is 2.74 bits per heavy atom. The number of carbonyl (C=O) groups is 1. The lowest BCUT2D eigenvalue weighted by molar-refractivity contribution is -0.129. The predicted molar refractivity (Wildman–Crippen MR) is 125 cm³/mol. The fraction of sp³-hybridized carbons (Fsp3) is 0.400. The molecule has 2 atom stereocenters. The fourth-order valence-electron chi connectivity index (χ4n) is 4.84. The molecule has 7 nitrogen and oxygen atoms in total. The first-order valence-corrected chi connectivity index (χ1v) is 11.5. The van der Waals surface area contributed by atoms with Crippen molar-refractivity contribution in [3.05, 3.63) is 59.1 Å². The summed E-state index contributed by atoms with van der Waals surface area (Å²) in [4.78, 5) is 25.0. The smallest absolute Gasteiger partial charge is 0.266 e. The van der Waals surface area contributed by atoms with E-state index in [9.17, 15) is 18.0 Å². The molecule has 3 aromatic rings. The number of rotatable bonds is 3. The van der Waals surface area contributed by atoms with Crippen molar-refractivity contribution in [2.75, 3.05) is 31.1 Å². The highest BCUT2D eigenvalue weighted by atomic mass is 19.3. The van der Waals surface area contributed by atoms with Crippen molar-refractivity contribution in [3.8, 4) is 5.75 Å². The predicted octanol–water partition coefficient (Wildman–Crippen LogP) is 3.74. The Bertz CT molecular complexity index is 1370. The Balaban J connectivity index is 1.59. The molecular formula is C25H26F3N5O2. The number of aromatic nitrogens is 2. The van der Waals surface area contributed by atoms with Gasteiger partial charge < -0.3 is 19.1 Å². The quantitative estimate of drug-likeness (QED) is 0.567. The molecule has 0 radical (unpaired) electrons. The first-order valence-electron chi connectivity index (χ1n) is 11.5. The Morgan fingerprint density at radius 1 is 1.23 bits per heavy atom. The van der Waals surface area contributed by atoms with Gasteiger partial charge in [-0.15, -0.1) is 0 Å². The summed E-state index contributed by atoms with van der Waals surface area (Å²) in [5, 5.41) is 0.740. The van der Waals surface area contributed by atoms with E-state index in [1.54, 1.807) is 20.2 Å². The highest BCUT2D eigenvalue weighted by molar-refractivity contribution is 5.86. The maximum atomic E-state index is 14.7. The zero-order chi connectivity index (χ0) is 24.9. The number of fused-ring (bicyclic) bond motifs is 4. The average molecular weight is 486 g/mol. The minimum Gasteiger partial charge on any atom is -0.489 e. The molecule has 0 bridgehead atoms. The lowest BCUT2D eigenvalue weighted by Gasteiger charge is -2.45. The molecule has 1 unspecified atom stereocenters. The van der Waals surface area contributed by atoms with Crippen molar-refractivity contribution in [2.45, 2.75) is 32.4 Å². The average Bonchev–Trinajstić information content (AvgIpc) is 2.84. The number of aryl methyl sites for hydroxylation is 1. The summed E-state index contributed by atoms with van der Waals surface area (Å²) in [5.41, 5.74) is 1.56. The van der Waals surface area contributed by atoms with E-state index in [4.69, 9.17) is 4.74 Å². The summed E-state index contributed by atoms with van der Waals surface area (Å²) in [6.45, 7) is 5.59. The summed E-state index contributed by atoms with van der Waals surface area (Å²) in [6, 6.07) is 7.17. The lowest BCUT2D eigenvalue weighted by Crippen LogP contribution is -2.58. The van der Waals surface area contributed by atoms with Gasteiger partial charge in [0.1, 0.15) is 18.2 Å². The van der Waals surface area contributed by atoms with Crippen LogP contribution in [0.25, 0.3) is 10.9 Å². The molecule has 2 aromatic carbocycles. The van der Waals surface area contributed by atoms with Crippen molar-refractivity contribution in [3.63, 3.8) is 0 Å². The van der Waals surface area contributed by atoms with Crippen molar-refractivity contribution >= 4 is 22.5 Å². The summed E-state index contributed by atoms with van der Waals surface area (Å²) < 4.78 is 49.0. The van der Waals surface area contributed by atoms with Crippen LogP contribution in [0.5, 0.6) is 5.75 Å². The standard InChI is InChI=1S/C25H26F3N5O2/c1-14(17-5-4-6-18(23(17)26)24(27)28)30-25-19-9-21-22(10-20(19)31(3)13-29-25)35-12-16-11-32(15(2)34)7-8-33(16)21/h4-6,9-10,13-14,16,24H,7-8,11-12H2,1-3H3/b30-25-/t14?,16-/m1/s1. The van der Waals surface area contributed by atoms with Gasteiger partial charge >= 0.3 is 0 Å². The molecule has 0 aliphatic carbocycles. The molecule has 10 heteroatoms. The number of piperazine rings is 1. The zero-order valence-corrected chi connectivity index (χ0v) is 19.7. The van der Waals surface area contributed by atoms with E-state index in [0.717, 1.165) is 28.4 Å². The van der Waals surface area contributed by atoms with Crippen LogP contribution in [0.4, 0.5) is 18.9 Å². The van der Waals surface area contributed by atoms with Gasteiger partial charge in [0.05, 0.1) is 35.2 Å². The maximum absolute atomic E-state index is 14.7. The summed E-state index contributed by atoms with van der Waals surface area (Å²) in [7, 11) is 1.86. The van der Waals surface area contributed by atoms with Crippen LogP contribution >= 0.6 is 0 Å². The zero-order valence-electron chi connectivity index (χ0n) is 19.7. The van der Waals surface area contributed by atoms with Gasteiger partial charge in [0.25, 0.3) is 6.43 Å². The van der Waals surface area contributed by atoms with Crippen LogP contribution in [0.3, 0.4) is 0 Å². The SMILES string of the molecule is CC(=O)N1CCN2c3cc4/c(=N/C(C)c5cccc(C(F)F)c5F)ncn(C)c4cc3OC[C@H]2C1. The number of hydrogen-bond acceptors (Lipinski definition) is 5. The van der Waals surface area contributed by atoms with E-state index >= 15 is 0 Å². The molecule has 3 heterocycles. The molecule has 1 saturated heterocycles. The maximum Gasteiger partial charge on any atom is 0.266 e. The van der Waals surface area contributed by atoms with Gasteiger partial charge in [0.2, 0.25) is 5.91 Å². The number of carbonyl (C=O) groups excluding carboxylic acids is 1. The van der Waals surface area contributed by atoms with Crippen LogP contribution in [0.2, 0.25) is 0 Å².